The van der Waals surface area contributed by atoms with E-state index in [-0.39, 0.29) is 133 Å². The molecule has 0 spiro atoms. The zero-order chi connectivity index (χ0) is 83.5. The largest absolute Gasteiger partial charge is 0.486 e. The van der Waals surface area contributed by atoms with Crippen LogP contribution >= 0.6 is 0 Å². The number of nitrogens with one attached hydrogen (secondary N) is 3. The maximum Gasteiger partial charge on any atom is 0.301 e. The van der Waals surface area contributed by atoms with E-state index in [1.807, 2.05) is 80.0 Å². The number of halogens is 5. The van der Waals surface area contributed by atoms with Crippen molar-refractivity contribution < 1.29 is 85.4 Å². The molecule has 6 aliphatic rings. The Morgan fingerprint density at radius 2 is 0.975 bits per heavy atom. The predicted molar refractivity (Wildman–Crippen MR) is 417 cm³/mol. The molecule has 27 nitrogen and oxygen atoms in total. The highest BCUT2D eigenvalue weighted by molar-refractivity contribution is 5.97. The van der Waals surface area contributed by atoms with E-state index in [1.54, 1.807) is 102 Å². The lowest BCUT2D eigenvalue weighted by Crippen LogP contribution is -2.57. The number of aromatic nitrogens is 5. The van der Waals surface area contributed by atoms with Gasteiger partial charge in [0.15, 0.2) is 24.5 Å². The first kappa shape index (κ1) is 82.9. The number of ether oxygens (including phenoxy) is 3. The molecule has 4 aromatic heterocycles. The smallest absolute Gasteiger partial charge is 0.301 e. The number of aryl methyl sites for hydroxylation is 1. The molecule has 0 bridgehead atoms. The summed E-state index contributed by atoms with van der Waals surface area (Å²) in [6.07, 6.45) is 7.22. The number of alkyl halides is 5. The number of carbonyl (C=O) groups excluding carboxylic acids is 6. The van der Waals surface area contributed by atoms with Crippen LogP contribution in [0.4, 0.5) is 39.0 Å². The minimum absolute atomic E-state index is 0.0149. The number of aliphatic hydroxyl groups is 4. The van der Waals surface area contributed by atoms with E-state index in [9.17, 15) is 71.6 Å². The van der Waals surface area contributed by atoms with E-state index in [1.165, 1.54) is 29.3 Å². The van der Waals surface area contributed by atoms with Crippen LogP contribution in [0.1, 0.15) is 89.7 Å². The molecule has 7 N–H and O–H groups in total. The number of amides is 6. The van der Waals surface area contributed by atoms with E-state index in [0.29, 0.717) is 33.9 Å². The Morgan fingerprint density at radius 3 is 1.43 bits per heavy atom. The molecule has 608 valence electrons. The fourth-order valence-corrected chi connectivity index (χ4v) is 14.7. The summed E-state index contributed by atoms with van der Waals surface area (Å²) in [5, 5.41) is 78.5. The van der Waals surface area contributed by atoms with Crippen LogP contribution in [0.2, 0.25) is 0 Å². The monoisotopic (exact) mass is 1610 g/mol. The molecular weight excluding hydrogens is 1530 g/mol. The molecule has 6 fully saturated rings. The van der Waals surface area contributed by atoms with Gasteiger partial charge >= 0.3 is 11.8 Å². The van der Waals surface area contributed by atoms with Gasteiger partial charge in [0, 0.05) is 124 Å². The second-order valence-electron chi connectivity index (χ2n) is 29.6. The summed E-state index contributed by atoms with van der Waals surface area (Å²) in [6.45, 7) is -4.19. The van der Waals surface area contributed by atoms with Crippen LogP contribution in [0.15, 0.2) is 183 Å². The van der Waals surface area contributed by atoms with Crippen molar-refractivity contribution in [1.29, 1.82) is 15.8 Å². The number of rotatable bonds is 22. The van der Waals surface area contributed by atoms with Gasteiger partial charge in [-0.3, -0.25) is 48.4 Å². The number of piperidine rings is 3. The molecule has 11 atom stereocenters. The van der Waals surface area contributed by atoms with Crippen LogP contribution in [0.5, 0.6) is 17.2 Å². The second-order valence-corrected chi connectivity index (χ2v) is 29.6. The number of hydrogen-bond acceptors (Lipinski definition) is 20. The van der Waals surface area contributed by atoms with Crippen molar-refractivity contribution in [2.75, 3.05) is 75.0 Å². The Hall–Kier alpha value is -13.1. The predicted octanol–water partition coefficient (Wildman–Crippen LogP) is 9.71. The lowest BCUT2D eigenvalue weighted by atomic mass is 10.0. The summed E-state index contributed by atoms with van der Waals surface area (Å²) in [5.41, 5.74) is 9.23. The number of anilines is 3. The number of likely N-dealkylation sites (tertiary alicyclic amines) is 3. The number of aliphatic hydroxyl groups excluding tert-OH is 4. The van der Waals surface area contributed by atoms with Gasteiger partial charge < -0.3 is 65.3 Å². The van der Waals surface area contributed by atoms with Crippen LogP contribution in [0, 0.1) is 51.7 Å². The van der Waals surface area contributed by atoms with E-state index < -0.39 is 93.1 Å². The van der Waals surface area contributed by atoms with Crippen LogP contribution in [-0.4, -0.2) is 197 Å². The fourth-order valence-electron chi connectivity index (χ4n) is 14.7. The first-order valence-corrected chi connectivity index (χ1v) is 38.1. The maximum absolute atomic E-state index is 14.8. The number of nitrogens with zero attached hydrogens (tertiary/aromatic N) is 11. The summed E-state index contributed by atoms with van der Waals surface area (Å²) in [5.74, 6) is -8.94. The number of hydrogen-bond donors (Lipinski definition) is 7. The third-order valence-electron chi connectivity index (χ3n) is 21.4. The van der Waals surface area contributed by atoms with Gasteiger partial charge in [-0.15, -0.1) is 0 Å². The molecule has 0 radical (unpaired) electrons. The number of carbonyl (C=O) groups is 6. The summed E-state index contributed by atoms with van der Waals surface area (Å²) >= 11 is 0. The summed E-state index contributed by atoms with van der Waals surface area (Å²) in [4.78, 5) is 89.2. The molecule has 0 unspecified atom stereocenters. The van der Waals surface area contributed by atoms with Gasteiger partial charge in [-0.25, -0.2) is 22.0 Å². The Balaban J connectivity index is 0.000000154. The number of nitriles is 3. The van der Waals surface area contributed by atoms with Crippen LogP contribution in [0.3, 0.4) is 0 Å². The second kappa shape index (κ2) is 36.4. The van der Waals surface area contributed by atoms with Gasteiger partial charge in [0.2, 0.25) is 29.5 Å². The average molecular weight is 1610 g/mol. The quantitative estimate of drug-likeness (QED) is 0.0310. The molecule has 7 heterocycles. The third kappa shape index (κ3) is 19.9. The lowest BCUT2D eigenvalue weighted by molar-refractivity contribution is -0.167. The van der Waals surface area contributed by atoms with E-state index >= 15 is 0 Å². The van der Waals surface area contributed by atoms with E-state index in [4.69, 9.17) is 29.5 Å². The highest BCUT2D eigenvalue weighted by Gasteiger charge is 2.51. The van der Waals surface area contributed by atoms with Gasteiger partial charge in [0.25, 0.3) is 5.91 Å². The topological polar surface area (TPSA) is 385 Å². The van der Waals surface area contributed by atoms with Crippen LogP contribution in [-0.2, 0) is 35.8 Å². The highest BCUT2D eigenvalue weighted by Crippen LogP contribution is 2.50. The normalized spacial score (nSPS) is 21.9. The van der Waals surface area contributed by atoms with E-state index in [2.05, 4.69) is 42.1 Å². The SMILES string of the molecule is Cn1cc([C@@H]2C[C@H]2C(=O)Nc2ccnc(-c3ccc(O[C@H]4CCN(C(=O)[C@@H](O)CO)CC4(F)F)c(C#N)c3)c2)cn1.N#Cc1cc(-c2cccc(NC(=O)[C@@H]3C[C@H]3c3cccnc3)c2)ccc1O[C@H]1CCN(C(=O)CO)CC1(F)F.N#Cc1cc(-c2cccc(NC(=O)[C@@H]3C[C@H]3c3cccnc3)c2)ccc1O[C@H]1CCN(C(=O)CO)C[C@H]1F. The van der Waals surface area contributed by atoms with Gasteiger partial charge in [0.1, 0.15) is 54.8 Å². The van der Waals surface area contributed by atoms with Gasteiger partial charge in [-0.2, -0.15) is 20.9 Å². The molecule has 32 heteroatoms. The molecule has 118 heavy (non-hydrogen) atoms. The van der Waals surface area contributed by atoms with Gasteiger partial charge in [0.05, 0.1) is 54.8 Å². The van der Waals surface area contributed by atoms with Crippen molar-refractivity contribution in [3.8, 4) is 69.0 Å². The fraction of sp³-hybridized carbons (Fsp3) is 0.337. The molecule has 15 rings (SSSR count). The average Bonchev–Trinajstić information content (AvgIpc) is 0.965. The third-order valence-corrected chi connectivity index (χ3v) is 21.4. The summed E-state index contributed by atoms with van der Waals surface area (Å²) in [7, 11) is 1.83. The molecular formula is C86H81F5N14O13. The van der Waals surface area contributed by atoms with Crippen molar-refractivity contribution in [3.63, 3.8) is 0 Å². The first-order chi connectivity index (χ1) is 56.8. The molecule has 3 aliphatic carbocycles. The van der Waals surface area contributed by atoms with Crippen molar-refractivity contribution in [1.82, 2.24) is 39.4 Å². The Labute approximate surface area is 673 Å². The van der Waals surface area contributed by atoms with Gasteiger partial charge in [-0.05, 0) is 167 Å². The number of pyridine rings is 3. The van der Waals surface area contributed by atoms with Crippen molar-refractivity contribution in [3.05, 3.63) is 216 Å². The zero-order valence-electron chi connectivity index (χ0n) is 63.6. The highest BCUT2D eigenvalue weighted by atomic mass is 19.3. The minimum atomic E-state index is -3.46. The van der Waals surface area contributed by atoms with Crippen LogP contribution in [0.25, 0.3) is 33.5 Å². The first-order valence-electron chi connectivity index (χ1n) is 38.1. The molecule has 3 aliphatic heterocycles. The lowest BCUT2D eigenvalue weighted by Gasteiger charge is -2.38. The summed E-state index contributed by atoms with van der Waals surface area (Å²) in [6, 6.07) is 45.9. The minimum Gasteiger partial charge on any atom is -0.486 e. The van der Waals surface area contributed by atoms with Crippen molar-refractivity contribution in [2.45, 2.75) is 98.7 Å². The Kier molecular flexibility index (Phi) is 25.6. The number of benzene rings is 5. The maximum atomic E-state index is 14.8. The molecule has 3 saturated heterocycles. The molecule has 5 aromatic carbocycles. The Bertz CT molecular complexity index is 5340. The summed E-state index contributed by atoms with van der Waals surface area (Å²) < 4.78 is 92.4. The van der Waals surface area contributed by atoms with Crippen molar-refractivity contribution >= 4 is 52.5 Å². The van der Waals surface area contributed by atoms with Crippen LogP contribution < -0.4 is 30.2 Å². The van der Waals surface area contributed by atoms with Crippen molar-refractivity contribution in [2.24, 2.45) is 24.8 Å². The molecule has 6 amide bonds. The standard InChI is InChI=1S/C29H26F2N4O4.C29H27FN4O4.C28H28F2N6O5/c30-29(31)17-35(27(37)16-36)10-8-26(29)39-25-7-6-19(11-21(25)14-32)18-3-1-5-22(12-18)34-28(38)24-13-23(24)20-4-2-9-33-15-20;30-25-16-34(28(36)17-35)10-8-27(25)38-26-7-6-19(11-21(26)14-31)18-3-1-5-22(12-18)33-29(37)24-13-23(24)20-4-2-9-32-15-20;1-35-13-18(12-33-35)20-10-21(20)26(39)34-19-4-6-32-22(9-19)16-2-3-24(17(8-16)11-31)41-25-5-7-36(15-28(25,29)30)27(40)23(38)14-37/h1-7,9,11-12,15,23-24,26,36H,8,10,13,16-17H2,(H,34,38);1-7,9,11-12,15,23-25,27,35H,8,10,13,16-17H2,(H,33,37);2-4,6,8-9,12-13,20-21,23,25,37-38H,5,7,10,14-15H2,1H3,(H,32,34,39)/t23-,24+,26-;23-,24+,25+,27-;20-,21+,23-,25-/m000/s1. The molecule has 3 saturated carbocycles. The van der Waals surface area contributed by atoms with Gasteiger partial charge in [-0.1, -0.05) is 48.5 Å². The van der Waals surface area contributed by atoms with E-state index in [0.717, 1.165) is 62.4 Å². The zero-order valence-corrected chi connectivity index (χ0v) is 63.6. The Morgan fingerprint density at radius 1 is 0.525 bits per heavy atom. The molecule has 9 aromatic rings.